The van der Waals surface area contributed by atoms with Crippen molar-refractivity contribution in [2.75, 3.05) is 13.1 Å². The van der Waals surface area contributed by atoms with E-state index < -0.39 is 17.8 Å². The summed E-state index contributed by atoms with van der Waals surface area (Å²) in [5.41, 5.74) is 1.53. The highest BCUT2D eigenvalue weighted by molar-refractivity contribution is 5.18. The fourth-order valence-electron chi connectivity index (χ4n) is 4.07. The van der Waals surface area contributed by atoms with Crippen molar-refractivity contribution in [3.05, 3.63) is 23.3 Å². The zero-order valence-electron chi connectivity index (χ0n) is 15.0. The Morgan fingerprint density at radius 2 is 2.09 bits per heavy atom. The third-order valence-corrected chi connectivity index (χ3v) is 5.33. The maximum atomic E-state index is 10.7. The molecule has 5 atom stereocenters. The number of nitrogens with zero attached hydrogens (tertiary/aromatic N) is 1. The van der Waals surface area contributed by atoms with Crippen LogP contribution in [-0.2, 0) is 0 Å². The van der Waals surface area contributed by atoms with Crippen LogP contribution in [0.3, 0.4) is 0 Å². The lowest BCUT2D eigenvalue weighted by Crippen LogP contribution is -2.52. The molecule has 2 heterocycles. The van der Waals surface area contributed by atoms with Crippen molar-refractivity contribution < 1.29 is 15.3 Å². The molecule has 2 fully saturated rings. The number of fused-ring (bicyclic) bond motifs is 1. The minimum Gasteiger partial charge on any atom is -0.390 e. The Morgan fingerprint density at radius 1 is 1.39 bits per heavy atom. The third kappa shape index (κ3) is 4.66. The Hall–Kier alpha value is -0.680. The van der Waals surface area contributed by atoms with E-state index in [9.17, 15) is 15.3 Å². The van der Waals surface area contributed by atoms with Crippen molar-refractivity contribution in [2.24, 2.45) is 5.92 Å². The van der Waals surface area contributed by atoms with Crippen LogP contribution in [0.15, 0.2) is 23.3 Å². The predicted octanol–water partition coefficient (Wildman–Crippen LogP) is 2.25. The molecule has 2 aliphatic rings. The van der Waals surface area contributed by atoms with Gasteiger partial charge in [-0.25, -0.2) is 0 Å². The zero-order valence-corrected chi connectivity index (χ0v) is 15.0. The largest absolute Gasteiger partial charge is 0.390 e. The van der Waals surface area contributed by atoms with E-state index in [1.54, 1.807) is 6.92 Å². The maximum Gasteiger partial charge on any atom is 0.100 e. The fourth-order valence-corrected chi connectivity index (χ4v) is 4.07. The molecule has 132 valence electrons. The molecule has 4 nitrogen and oxygen atoms in total. The molecule has 0 aromatic carbocycles. The van der Waals surface area contributed by atoms with E-state index in [0.29, 0.717) is 12.0 Å². The normalized spacial score (nSPS) is 35.2. The van der Waals surface area contributed by atoms with Crippen LogP contribution in [0.5, 0.6) is 0 Å². The predicted molar refractivity (Wildman–Crippen MR) is 93.1 cm³/mol. The average molecular weight is 323 g/mol. The highest BCUT2D eigenvalue weighted by atomic mass is 16.3. The van der Waals surface area contributed by atoms with Gasteiger partial charge in [0.15, 0.2) is 0 Å². The SMILES string of the molecule is C/C(=C\C[C@@H](C)/C=C1\CN2CCC[C@H]2[C@@](C)(O)C1)[C@H](O)[C@H](C)O. The van der Waals surface area contributed by atoms with Gasteiger partial charge in [0.2, 0.25) is 0 Å². The molecule has 23 heavy (non-hydrogen) atoms. The first-order valence-corrected chi connectivity index (χ1v) is 8.89. The lowest BCUT2D eigenvalue weighted by Gasteiger charge is -2.43. The summed E-state index contributed by atoms with van der Waals surface area (Å²) in [7, 11) is 0. The van der Waals surface area contributed by atoms with Crippen LogP contribution >= 0.6 is 0 Å². The van der Waals surface area contributed by atoms with Crippen LogP contribution in [0.4, 0.5) is 0 Å². The van der Waals surface area contributed by atoms with Gasteiger partial charge >= 0.3 is 0 Å². The molecule has 2 saturated heterocycles. The quantitative estimate of drug-likeness (QED) is 0.679. The number of hydrogen-bond donors (Lipinski definition) is 3. The molecule has 0 unspecified atom stereocenters. The minimum absolute atomic E-state index is 0.318. The molecule has 0 spiro atoms. The zero-order chi connectivity index (χ0) is 17.2. The maximum absolute atomic E-state index is 10.7. The molecular formula is C19H33NO3. The molecule has 0 amide bonds. The Balaban J connectivity index is 1.97. The molecule has 0 radical (unpaired) electrons. The van der Waals surface area contributed by atoms with E-state index in [-0.39, 0.29) is 0 Å². The summed E-state index contributed by atoms with van der Waals surface area (Å²) < 4.78 is 0. The number of piperidine rings is 1. The first kappa shape index (κ1) is 18.7. The molecule has 0 saturated carbocycles. The van der Waals surface area contributed by atoms with Crippen LogP contribution in [-0.4, -0.2) is 57.2 Å². The van der Waals surface area contributed by atoms with Crippen LogP contribution in [0.2, 0.25) is 0 Å². The first-order chi connectivity index (χ1) is 10.7. The molecule has 0 aliphatic carbocycles. The summed E-state index contributed by atoms with van der Waals surface area (Å²) >= 11 is 0. The van der Waals surface area contributed by atoms with Crippen LogP contribution in [0.25, 0.3) is 0 Å². The van der Waals surface area contributed by atoms with Gasteiger partial charge in [-0.05, 0) is 64.5 Å². The molecular weight excluding hydrogens is 290 g/mol. The molecule has 4 heteroatoms. The van der Waals surface area contributed by atoms with Crippen molar-refractivity contribution in [3.8, 4) is 0 Å². The molecule has 2 rings (SSSR count). The lowest BCUT2D eigenvalue weighted by molar-refractivity contribution is -0.0330. The standard InChI is InChI=1S/C19H33NO3/c1-13(7-8-14(2)18(22)15(3)21)10-16-11-19(4,23)17-6-5-9-20(17)12-16/h8,10,13,15,17-18,21-23H,5-7,9,11-12H2,1-4H3/b14-8+,16-10-/t13-,15+,17+,18+,19+/m1/s1. The van der Waals surface area contributed by atoms with Crippen molar-refractivity contribution in [2.45, 2.75) is 77.2 Å². The second-order valence-corrected chi connectivity index (χ2v) is 7.83. The van der Waals surface area contributed by atoms with E-state index >= 15 is 0 Å². The monoisotopic (exact) mass is 323 g/mol. The lowest BCUT2D eigenvalue weighted by atomic mass is 9.82. The summed E-state index contributed by atoms with van der Waals surface area (Å²) in [4.78, 5) is 2.42. The number of rotatable bonds is 5. The third-order valence-electron chi connectivity index (χ3n) is 5.33. The van der Waals surface area contributed by atoms with Crippen molar-refractivity contribution in [1.82, 2.24) is 4.90 Å². The van der Waals surface area contributed by atoms with Crippen LogP contribution in [0.1, 0.15) is 53.4 Å². The summed E-state index contributed by atoms with van der Waals surface area (Å²) in [6.07, 6.45) is 6.66. The summed E-state index contributed by atoms with van der Waals surface area (Å²) in [5, 5.41) is 30.0. The summed E-state index contributed by atoms with van der Waals surface area (Å²) in [6.45, 7) is 9.66. The topological polar surface area (TPSA) is 63.9 Å². The van der Waals surface area contributed by atoms with Gasteiger partial charge in [0.1, 0.15) is 6.10 Å². The highest BCUT2D eigenvalue weighted by Crippen LogP contribution is 2.37. The molecule has 0 aromatic rings. The van der Waals surface area contributed by atoms with Crippen LogP contribution < -0.4 is 0 Å². The van der Waals surface area contributed by atoms with Crippen molar-refractivity contribution >= 4 is 0 Å². The Bertz CT molecular complexity index is 467. The molecule has 0 aromatic heterocycles. The molecule has 3 N–H and O–H groups in total. The van der Waals surface area contributed by atoms with E-state index in [1.165, 1.54) is 12.0 Å². The number of aliphatic hydroxyl groups is 3. The number of hydrogen-bond acceptors (Lipinski definition) is 4. The highest BCUT2D eigenvalue weighted by Gasteiger charge is 2.43. The van der Waals surface area contributed by atoms with Crippen LogP contribution in [0, 0.1) is 5.92 Å². The summed E-state index contributed by atoms with van der Waals surface area (Å²) in [6, 6.07) is 0.318. The smallest absolute Gasteiger partial charge is 0.100 e. The van der Waals surface area contributed by atoms with E-state index in [0.717, 1.165) is 37.9 Å². The van der Waals surface area contributed by atoms with E-state index in [2.05, 4.69) is 17.9 Å². The fraction of sp³-hybridized carbons (Fsp3) is 0.789. The van der Waals surface area contributed by atoms with Gasteiger partial charge in [0, 0.05) is 12.6 Å². The van der Waals surface area contributed by atoms with E-state index in [1.807, 2.05) is 19.9 Å². The molecule has 2 aliphatic heterocycles. The molecule has 0 bridgehead atoms. The Labute approximate surface area is 140 Å². The van der Waals surface area contributed by atoms with Gasteiger partial charge in [-0.3, -0.25) is 4.90 Å². The Morgan fingerprint density at radius 3 is 2.74 bits per heavy atom. The number of allylic oxidation sites excluding steroid dienone is 2. The first-order valence-electron chi connectivity index (χ1n) is 8.89. The average Bonchev–Trinajstić information content (AvgIpc) is 2.92. The van der Waals surface area contributed by atoms with Gasteiger partial charge < -0.3 is 15.3 Å². The number of aliphatic hydroxyl groups excluding tert-OH is 2. The van der Waals surface area contributed by atoms with Crippen molar-refractivity contribution in [1.29, 1.82) is 0 Å². The van der Waals surface area contributed by atoms with E-state index in [4.69, 9.17) is 0 Å². The Kier molecular flexibility index (Phi) is 6.06. The van der Waals surface area contributed by atoms with Gasteiger partial charge in [-0.15, -0.1) is 0 Å². The second-order valence-electron chi connectivity index (χ2n) is 7.83. The van der Waals surface area contributed by atoms with Crippen molar-refractivity contribution in [3.63, 3.8) is 0 Å². The van der Waals surface area contributed by atoms with Gasteiger partial charge in [-0.2, -0.15) is 0 Å². The van der Waals surface area contributed by atoms with Gasteiger partial charge in [0.05, 0.1) is 11.7 Å². The summed E-state index contributed by atoms with van der Waals surface area (Å²) in [5.74, 6) is 0.358. The minimum atomic E-state index is -0.782. The van der Waals surface area contributed by atoms with Gasteiger partial charge in [-0.1, -0.05) is 24.6 Å². The second kappa shape index (κ2) is 7.47. The van der Waals surface area contributed by atoms with Gasteiger partial charge in [0.25, 0.3) is 0 Å².